The monoisotopic (exact) mass is 248 g/mol. The third-order valence-electron chi connectivity index (χ3n) is 4.05. The molecule has 100 valence electrons. The fourth-order valence-corrected chi connectivity index (χ4v) is 2.78. The first-order valence-electron chi connectivity index (χ1n) is 7.08. The molecule has 0 bridgehead atoms. The van der Waals surface area contributed by atoms with Crippen molar-refractivity contribution in [3.05, 3.63) is 12.4 Å². The molecule has 1 heterocycles. The molecule has 0 aromatic carbocycles. The van der Waals surface area contributed by atoms with E-state index < -0.39 is 0 Å². The molecule has 0 radical (unpaired) electrons. The van der Waals surface area contributed by atoms with Gasteiger partial charge in [-0.15, -0.1) is 0 Å². The average Bonchev–Trinajstić information content (AvgIpc) is 2.87. The predicted molar refractivity (Wildman–Crippen MR) is 75.9 cm³/mol. The SMILES string of the molecule is CCNc1cncc(NCC2(CC)CCCC2)n1. The van der Waals surface area contributed by atoms with Gasteiger partial charge in [-0.1, -0.05) is 19.8 Å². The molecule has 0 spiro atoms. The minimum Gasteiger partial charge on any atom is -0.369 e. The first kappa shape index (κ1) is 13.1. The number of rotatable bonds is 6. The van der Waals surface area contributed by atoms with E-state index in [2.05, 4.69) is 34.4 Å². The van der Waals surface area contributed by atoms with Crippen LogP contribution in [0.4, 0.5) is 11.6 Å². The quantitative estimate of drug-likeness (QED) is 0.811. The van der Waals surface area contributed by atoms with Gasteiger partial charge < -0.3 is 10.6 Å². The highest BCUT2D eigenvalue weighted by Gasteiger charge is 2.31. The summed E-state index contributed by atoms with van der Waals surface area (Å²) in [5.74, 6) is 1.73. The summed E-state index contributed by atoms with van der Waals surface area (Å²) in [7, 11) is 0. The molecule has 2 N–H and O–H groups in total. The Labute approximate surface area is 110 Å². The summed E-state index contributed by atoms with van der Waals surface area (Å²) in [6, 6.07) is 0. The molecule has 2 rings (SSSR count). The zero-order valence-electron chi connectivity index (χ0n) is 11.5. The van der Waals surface area contributed by atoms with Gasteiger partial charge in [0.15, 0.2) is 0 Å². The number of aromatic nitrogens is 2. The molecule has 1 aromatic heterocycles. The zero-order valence-corrected chi connectivity index (χ0v) is 11.5. The smallest absolute Gasteiger partial charge is 0.146 e. The van der Waals surface area contributed by atoms with Crippen LogP contribution < -0.4 is 10.6 Å². The van der Waals surface area contributed by atoms with Crippen LogP contribution in [0.5, 0.6) is 0 Å². The summed E-state index contributed by atoms with van der Waals surface area (Å²) < 4.78 is 0. The van der Waals surface area contributed by atoms with Crippen LogP contribution >= 0.6 is 0 Å². The van der Waals surface area contributed by atoms with E-state index in [4.69, 9.17) is 0 Å². The van der Waals surface area contributed by atoms with Crippen LogP contribution in [-0.2, 0) is 0 Å². The highest BCUT2D eigenvalue weighted by molar-refractivity contribution is 5.41. The van der Waals surface area contributed by atoms with E-state index in [9.17, 15) is 0 Å². The van der Waals surface area contributed by atoms with Crippen molar-refractivity contribution in [3.8, 4) is 0 Å². The fraction of sp³-hybridized carbons (Fsp3) is 0.714. The summed E-state index contributed by atoms with van der Waals surface area (Å²) in [6.07, 6.45) is 10.3. The Morgan fingerprint density at radius 3 is 2.39 bits per heavy atom. The standard InChI is InChI=1S/C14H24N4/c1-3-14(7-5-6-8-14)11-17-13-10-15-9-12(18-13)16-4-2/h9-10H,3-8,11H2,1-2H3,(H2,16,17,18). The van der Waals surface area contributed by atoms with Gasteiger partial charge in [-0.2, -0.15) is 0 Å². The Bertz CT molecular complexity index is 372. The molecule has 1 fully saturated rings. The van der Waals surface area contributed by atoms with Gasteiger partial charge in [0, 0.05) is 13.1 Å². The van der Waals surface area contributed by atoms with Gasteiger partial charge in [0.25, 0.3) is 0 Å². The van der Waals surface area contributed by atoms with Crippen molar-refractivity contribution < 1.29 is 0 Å². The van der Waals surface area contributed by atoms with Crippen molar-refractivity contribution in [2.45, 2.75) is 46.0 Å². The molecule has 0 atom stereocenters. The van der Waals surface area contributed by atoms with E-state index in [1.54, 1.807) is 12.4 Å². The first-order valence-corrected chi connectivity index (χ1v) is 7.08. The molecule has 4 nitrogen and oxygen atoms in total. The maximum atomic E-state index is 4.50. The Morgan fingerprint density at radius 2 is 1.78 bits per heavy atom. The number of anilines is 2. The molecule has 0 saturated heterocycles. The molecule has 4 heteroatoms. The van der Waals surface area contributed by atoms with Crippen molar-refractivity contribution >= 4 is 11.6 Å². The van der Waals surface area contributed by atoms with Crippen LogP contribution in [0.1, 0.15) is 46.0 Å². The van der Waals surface area contributed by atoms with E-state index in [1.807, 2.05) is 0 Å². The molecule has 1 aliphatic carbocycles. The average molecular weight is 248 g/mol. The van der Waals surface area contributed by atoms with Crippen molar-refractivity contribution in [1.29, 1.82) is 0 Å². The van der Waals surface area contributed by atoms with E-state index in [0.717, 1.165) is 24.7 Å². The maximum Gasteiger partial charge on any atom is 0.146 e. The Kier molecular flexibility index (Phi) is 4.39. The van der Waals surface area contributed by atoms with E-state index in [0.29, 0.717) is 5.41 Å². The largest absolute Gasteiger partial charge is 0.369 e. The third kappa shape index (κ3) is 3.12. The van der Waals surface area contributed by atoms with Crippen molar-refractivity contribution in [2.24, 2.45) is 5.41 Å². The topological polar surface area (TPSA) is 49.8 Å². The maximum absolute atomic E-state index is 4.50. The lowest BCUT2D eigenvalue weighted by Gasteiger charge is -2.27. The summed E-state index contributed by atoms with van der Waals surface area (Å²) in [4.78, 5) is 8.71. The van der Waals surface area contributed by atoms with Crippen LogP contribution in [0, 0.1) is 5.41 Å². The van der Waals surface area contributed by atoms with Crippen LogP contribution in [0.15, 0.2) is 12.4 Å². The van der Waals surface area contributed by atoms with Crippen molar-refractivity contribution in [3.63, 3.8) is 0 Å². The van der Waals surface area contributed by atoms with Gasteiger partial charge in [-0.05, 0) is 31.6 Å². The minimum atomic E-state index is 0.482. The number of hydrogen-bond acceptors (Lipinski definition) is 4. The van der Waals surface area contributed by atoms with Crippen LogP contribution in [-0.4, -0.2) is 23.1 Å². The van der Waals surface area contributed by atoms with Crippen LogP contribution in [0.3, 0.4) is 0 Å². The zero-order chi connectivity index (χ0) is 12.8. The second kappa shape index (κ2) is 6.03. The second-order valence-corrected chi connectivity index (χ2v) is 5.23. The molecule has 0 aliphatic heterocycles. The summed E-state index contributed by atoms with van der Waals surface area (Å²) >= 11 is 0. The van der Waals surface area contributed by atoms with Gasteiger partial charge in [-0.25, -0.2) is 4.98 Å². The predicted octanol–water partition coefficient (Wildman–Crippen LogP) is 3.29. The van der Waals surface area contributed by atoms with E-state index in [-0.39, 0.29) is 0 Å². The molecule has 0 unspecified atom stereocenters. The molecule has 0 amide bonds. The summed E-state index contributed by atoms with van der Waals surface area (Å²) in [5, 5.41) is 6.65. The first-order chi connectivity index (χ1) is 8.78. The lowest BCUT2D eigenvalue weighted by molar-refractivity contribution is 0.306. The number of nitrogens with one attached hydrogen (secondary N) is 2. The lowest BCUT2D eigenvalue weighted by atomic mass is 9.83. The summed E-state index contributed by atoms with van der Waals surface area (Å²) in [5.41, 5.74) is 0.482. The Morgan fingerprint density at radius 1 is 1.11 bits per heavy atom. The van der Waals surface area contributed by atoms with Crippen LogP contribution in [0.2, 0.25) is 0 Å². The van der Waals surface area contributed by atoms with Gasteiger partial charge in [-0.3, -0.25) is 4.98 Å². The highest BCUT2D eigenvalue weighted by Crippen LogP contribution is 2.40. The van der Waals surface area contributed by atoms with E-state index in [1.165, 1.54) is 32.1 Å². The Hall–Kier alpha value is -1.32. The fourth-order valence-electron chi connectivity index (χ4n) is 2.78. The molecule has 1 aromatic rings. The van der Waals surface area contributed by atoms with Crippen molar-refractivity contribution in [2.75, 3.05) is 23.7 Å². The van der Waals surface area contributed by atoms with Gasteiger partial charge in [0.1, 0.15) is 11.6 Å². The molecule has 18 heavy (non-hydrogen) atoms. The van der Waals surface area contributed by atoms with E-state index >= 15 is 0 Å². The normalized spacial score (nSPS) is 17.7. The number of hydrogen-bond donors (Lipinski definition) is 2. The second-order valence-electron chi connectivity index (χ2n) is 5.23. The lowest BCUT2D eigenvalue weighted by Crippen LogP contribution is -2.26. The Balaban J connectivity index is 1.94. The third-order valence-corrected chi connectivity index (χ3v) is 4.05. The van der Waals surface area contributed by atoms with Gasteiger partial charge in [0.2, 0.25) is 0 Å². The molecular weight excluding hydrogens is 224 g/mol. The van der Waals surface area contributed by atoms with Crippen molar-refractivity contribution in [1.82, 2.24) is 9.97 Å². The molecular formula is C14H24N4. The van der Waals surface area contributed by atoms with Crippen LogP contribution in [0.25, 0.3) is 0 Å². The molecule has 1 saturated carbocycles. The number of nitrogens with zero attached hydrogens (tertiary/aromatic N) is 2. The minimum absolute atomic E-state index is 0.482. The highest BCUT2D eigenvalue weighted by atomic mass is 15.1. The summed E-state index contributed by atoms with van der Waals surface area (Å²) in [6.45, 7) is 6.25. The van der Waals surface area contributed by atoms with Gasteiger partial charge >= 0.3 is 0 Å². The van der Waals surface area contributed by atoms with Gasteiger partial charge in [0.05, 0.1) is 12.4 Å². The molecule has 1 aliphatic rings.